The Balaban J connectivity index is 1.36. The Hall–Kier alpha value is -3.78. The Morgan fingerprint density at radius 3 is 2.36 bits per heavy atom. The number of carbonyl (C=O) groups excluding carboxylic acids is 3. The number of carbonyl (C=O) groups is 3. The van der Waals surface area contributed by atoms with E-state index in [4.69, 9.17) is 0 Å². The highest BCUT2D eigenvalue weighted by Gasteiger charge is 2.28. The Morgan fingerprint density at radius 2 is 1.70 bits per heavy atom. The summed E-state index contributed by atoms with van der Waals surface area (Å²) in [4.78, 5) is 45.2. The lowest BCUT2D eigenvalue weighted by Gasteiger charge is -2.37. The number of hydrogen-bond acceptors (Lipinski definition) is 6. The molecular weight excluding hydrogens is 420 g/mol. The zero-order valence-electron chi connectivity index (χ0n) is 18.4. The second-order valence-corrected chi connectivity index (χ2v) is 8.04. The predicted molar refractivity (Wildman–Crippen MR) is 125 cm³/mol. The molecule has 4 rings (SSSR count). The normalized spacial score (nSPS) is 14.7. The van der Waals surface area contributed by atoms with E-state index in [1.54, 1.807) is 23.1 Å². The molecule has 0 saturated carbocycles. The molecule has 3 aromatic rings. The van der Waals surface area contributed by atoms with Crippen LogP contribution in [0.25, 0.3) is 10.9 Å². The van der Waals surface area contributed by atoms with Gasteiger partial charge in [0.05, 0.1) is 17.7 Å². The first-order chi connectivity index (χ1) is 16.0. The van der Waals surface area contributed by atoms with Gasteiger partial charge in [-0.15, -0.1) is 0 Å². The number of aliphatic hydroxyl groups is 1. The van der Waals surface area contributed by atoms with Crippen LogP contribution in [0.15, 0.2) is 60.8 Å². The van der Waals surface area contributed by atoms with E-state index < -0.39 is 18.6 Å². The lowest BCUT2D eigenvalue weighted by Crippen LogP contribution is -2.56. The van der Waals surface area contributed by atoms with Crippen molar-refractivity contribution in [3.8, 4) is 0 Å². The molecule has 170 valence electrons. The molecular formula is C25H26N4O4. The quantitative estimate of drug-likeness (QED) is 0.561. The van der Waals surface area contributed by atoms with Gasteiger partial charge in [-0.3, -0.25) is 19.4 Å². The Labute approximate surface area is 191 Å². The first-order valence-corrected chi connectivity index (χ1v) is 10.9. The molecule has 0 bridgehead atoms. The lowest BCUT2D eigenvalue weighted by atomic mass is 10.1. The zero-order valence-corrected chi connectivity index (χ0v) is 18.4. The van der Waals surface area contributed by atoms with E-state index in [2.05, 4.69) is 15.2 Å². The van der Waals surface area contributed by atoms with Gasteiger partial charge in [0.2, 0.25) is 5.91 Å². The van der Waals surface area contributed by atoms with Crippen LogP contribution in [0.1, 0.15) is 27.6 Å². The molecule has 0 aliphatic carbocycles. The minimum absolute atomic E-state index is 0.0218. The number of pyridine rings is 1. The van der Waals surface area contributed by atoms with Crippen molar-refractivity contribution in [2.24, 2.45) is 0 Å². The topological polar surface area (TPSA) is 103 Å². The standard InChI is InChI=1S/C25H26N4O4/c1-17(31)18-6-8-21(9-7-18)28-10-12-29(13-11-28)25(33)23(16-30)27-24(32)20-14-19-4-2-3-5-22(19)26-15-20/h2-9,14-15,23,30H,10-13,16H2,1H3,(H,27,32)/t23-/m0/s1. The summed E-state index contributed by atoms with van der Waals surface area (Å²) in [5, 5.41) is 13.2. The highest BCUT2D eigenvalue weighted by atomic mass is 16.3. The molecule has 1 atom stereocenters. The van der Waals surface area contributed by atoms with Crippen molar-refractivity contribution in [3.05, 3.63) is 71.9 Å². The van der Waals surface area contributed by atoms with Crippen LogP contribution in [0.2, 0.25) is 0 Å². The van der Waals surface area contributed by atoms with Crippen LogP contribution in [0, 0.1) is 0 Å². The van der Waals surface area contributed by atoms with Crippen molar-refractivity contribution in [1.29, 1.82) is 0 Å². The van der Waals surface area contributed by atoms with E-state index in [1.807, 2.05) is 36.4 Å². The second-order valence-electron chi connectivity index (χ2n) is 8.04. The van der Waals surface area contributed by atoms with Crippen LogP contribution in [-0.4, -0.2) is 71.4 Å². The van der Waals surface area contributed by atoms with Crippen LogP contribution < -0.4 is 10.2 Å². The average Bonchev–Trinajstić information content (AvgIpc) is 2.86. The number of rotatable bonds is 6. The summed E-state index contributed by atoms with van der Waals surface area (Å²) >= 11 is 0. The van der Waals surface area contributed by atoms with E-state index in [9.17, 15) is 19.5 Å². The highest BCUT2D eigenvalue weighted by Crippen LogP contribution is 2.18. The molecule has 2 heterocycles. The largest absolute Gasteiger partial charge is 0.394 e. The van der Waals surface area contributed by atoms with Gasteiger partial charge in [0, 0.05) is 49.0 Å². The third-order valence-corrected chi connectivity index (χ3v) is 5.87. The maximum atomic E-state index is 13.0. The molecule has 1 aromatic heterocycles. The summed E-state index contributed by atoms with van der Waals surface area (Å²) in [6.45, 7) is 3.22. The molecule has 8 nitrogen and oxygen atoms in total. The number of benzene rings is 2. The second kappa shape index (κ2) is 9.79. The van der Waals surface area contributed by atoms with Crippen molar-refractivity contribution < 1.29 is 19.5 Å². The predicted octanol–water partition coefficient (Wildman–Crippen LogP) is 1.88. The molecule has 2 amide bonds. The summed E-state index contributed by atoms with van der Waals surface area (Å²) in [6.07, 6.45) is 1.47. The van der Waals surface area contributed by atoms with Gasteiger partial charge >= 0.3 is 0 Å². The zero-order chi connectivity index (χ0) is 23.4. The summed E-state index contributed by atoms with van der Waals surface area (Å²) in [5.41, 5.74) is 2.76. The fourth-order valence-electron chi connectivity index (χ4n) is 3.93. The fourth-order valence-corrected chi connectivity index (χ4v) is 3.93. The number of nitrogens with zero attached hydrogens (tertiary/aromatic N) is 3. The number of fused-ring (bicyclic) bond motifs is 1. The van der Waals surface area contributed by atoms with Crippen molar-refractivity contribution in [2.75, 3.05) is 37.7 Å². The molecule has 2 N–H and O–H groups in total. The van der Waals surface area contributed by atoms with Crippen LogP contribution in [0.3, 0.4) is 0 Å². The van der Waals surface area contributed by atoms with Crippen molar-refractivity contribution in [2.45, 2.75) is 13.0 Å². The number of para-hydroxylation sites is 1. The SMILES string of the molecule is CC(=O)c1ccc(N2CCN(C(=O)[C@H](CO)NC(=O)c3cnc4ccccc4c3)CC2)cc1. The molecule has 1 aliphatic heterocycles. The molecule has 2 aromatic carbocycles. The van der Waals surface area contributed by atoms with Gasteiger partial charge in [-0.05, 0) is 43.3 Å². The molecule has 33 heavy (non-hydrogen) atoms. The Kier molecular flexibility index (Phi) is 6.65. The third-order valence-electron chi connectivity index (χ3n) is 5.87. The monoisotopic (exact) mass is 446 g/mol. The molecule has 1 aliphatic rings. The van der Waals surface area contributed by atoms with Crippen molar-refractivity contribution in [1.82, 2.24) is 15.2 Å². The first kappa shape index (κ1) is 22.4. The minimum atomic E-state index is -1.02. The number of anilines is 1. The maximum Gasteiger partial charge on any atom is 0.253 e. The summed E-state index contributed by atoms with van der Waals surface area (Å²) in [5.74, 6) is -0.746. The summed E-state index contributed by atoms with van der Waals surface area (Å²) in [6, 6.07) is 15.6. The molecule has 8 heteroatoms. The van der Waals surface area contributed by atoms with E-state index in [0.29, 0.717) is 37.3 Å². The van der Waals surface area contributed by atoms with Gasteiger partial charge in [-0.2, -0.15) is 0 Å². The summed E-state index contributed by atoms with van der Waals surface area (Å²) in [7, 11) is 0. The van der Waals surface area contributed by atoms with Gasteiger partial charge in [0.1, 0.15) is 6.04 Å². The lowest BCUT2D eigenvalue weighted by molar-refractivity contribution is -0.134. The fraction of sp³-hybridized carbons (Fsp3) is 0.280. The maximum absolute atomic E-state index is 13.0. The average molecular weight is 447 g/mol. The van der Waals surface area contributed by atoms with Crippen LogP contribution in [0.4, 0.5) is 5.69 Å². The number of piperazine rings is 1. The van der Waals surface area contributed by atoms with Gasteiger partial charge in [0.25, 0.3) is 5.91 Å². The van der Waals surface area contributed by atoms with Crippen LogP contribution >= 0.6 is 0 Å². The molecule has 1 fully saturated rings. The number of nitrogens with one attached hydrogen (secondary N) is 1. The van der Waals surface area contributed by atoms with E-state index in [-0.39, 0.29) is 11.7 Å². The highest BCUT2D eigenvalue weighted by molar-refractivity contribution is 5.99. The Bertz CT molecular complexity index is 1170. The number of Topliss-reactive ketones (excluding diaryl/α,β-unsaturated/α-hetero) is 1. The van der Waals surface area contributed by atoms with E-state index in [1.165, 1.54) is 13.1 Å². The van der Waals surface area contributed by atoms with Crippen molar-refractivity contribution >= 4 is 34.2 Å². The number of hydrogen-bond donors (Lipinski definition) is 2. The van der Waals surface area contributed by atoms with Gasteiger partial charge in [-0.1, -0.05) is 18.2 Å². The van der Waals surface area contributed by atoms with Gasteiger partial charge in [0.15, 0.2) is 5.78 Å². The van der Waals surface area contributed by atoms with Gasteiger partial charge in [-0.25, -0.2) is 0 Å². The van der Waals surface area contributed by atoms with E-state index >= 15 is 0 Å². The Morgan fingerprint density at radius 1 is 1.00 bits per heavy atom. The van der Waals surface area contributed by atoms with Crippen molar-refractivity contribution in [3.63, 3.8) is 0 Å². The summed E-state index contributed by atoms with van der Waals surface area (Å²) < 4.78 is 0. The molecule has 0 unspecified atom stereocenters. The number of ketones is 1. The molecule has 0 spiro atoms. The first-order valence-electron chi connectivity index (χ1n) is 10.9. The van der Waals surface area contributed by atoms with Crippen LogP contribution in [0.5, 0.6) is 0 Å². The van der Waals surface area contributed by atoms with Crippen LogP contribution in [-0.2, 0) is 4.79 Å². The third kappa shape index (κ3) is 5.01. The number of aliphatic hydroxyl groups excluding tert-OH is 1. The molecule has 0 radical (unpaired) electrons. The minimum Gasteiger partial charge on any atom is -0.394 e. The van der Waals surface area contributed by atoms with E-state index in [0.717, 1.165) is 16.6 Å². The van der Waals surface area contributed by atoms with Gasteiger partial charge < -0.3 is 20.2 Å². The smallest absolute Gasteiger partial charge is 0.253 e. The number of aromatic nitrogens is 1. The number of amides is 2. The molecule has 1 saturated heterocycles.